The van der Waals surface area contributed by atoms with Gasteiger partial charge >= 0.3 is 5.84 Å². The monoisotopic (exact) mass is 154 g/mol. The maximum Gasteiger partial charge on any atom is 0.360 e. The predicted molar refractivity (Wildman–Crippen MR) is 44.3 cm³/mol. The summed E-state index contributed by atoms with van der Waals surface area (Å²) in [6, 6.07) is 0. The lowest BCUT2D eigenvalue weighted by atomic mass is 10.2. The van der Waals surface area contributed by atoms with Gasteiger partial charge < -0.3 is 10.1 Å². The minimum absolute atomic E-state index is 0.120. The van der Waals surface area contributed by atoms with E-state index in [1.807, 2.05) is 0 Å². The van der Waals surface area contributed by atoms with E-state index >= 15 is 0 Å². The van der Waals surface area contributed by atoms with Gasteiger partial charge in [-0.2, -0.15) is 0 Å². The predicted octanol–water partition coefficient (Wildman–Crippen LogP) is 1.42. The zero-order chi connectivity index (χ0) is 8.85. The lowest BCUT2D eigenvalue weighted by Crippen LogP contribution is -2.12. The van der Waals surface area contributed by atoms with Crippen LogP contribution in [0.25, 0.3) is 0 Å². The number of nitrogens with zero attached hydrogens (tertiary/aromatic N) is 2. The first-order chi connectivity index (χ1) is 5.13. The van der Waals surface area contributed by atoms with E-state index in [4.69, 9.17) is 0 Å². The van der Waals surface area contributed by atoms with E-state index in [1.165, 1.54) is 13.1 Å². The number of amidine groups is 1. The van der Waals surface area contributed by atoms with Crippen molar-refractivity contribution in [1.29, 1.82) is 0 Å². The van der Waals surface area contributed by atoms with Gasteiger partial charge in [-0.05, 0) is 11.8 Å². The van der Waals surface area contributed by atoms with E-state index in [0.29, 0.717) is 5.57 Å². The summed E-state index contributed by atoms with van der Waals surface area (Å²) in [6.45, 7) is 5.04. The molecule has 0 heterocycles. The Bertz CT molecular complexity index is 229. The Balaban J connectivity index is 4.67. The van der Waals surface area contributed by atoms with Crippen molar-refractivity contribution in [2.24, 2.45) is 4.99 Å². The molecule has 0 fully saturated rings. The Morgan fingerprint density at radius 2 is 2.27 bits per heavy atom. The third-order valence-corrected chi connectivity index (χ3v) is 1.11. The molecule has 0 N–H and O–H groups in total. The highest BCUT2D eigenvalue weighted by molar-refractivity contribution is 5.91. The van der Waals surface area contributed by atoms with Crippen LogP contribution in [0.1, 0.15) is 6.92 Å². The molecule has 4 nitrogen and oxygen atoms in total. The zero-order valence-electron chi connectivity index (χ0n) is 6.57. The van der Waals surface area contributed by atoms with Crippen molar-refractivity contribution in [2.75, 3.05) is 7.05 Å². The summed E-state index contributed by atoms with van der Waals surface area (Å²) < 4.78 is 0. The van der Waals surface area contributed by atoms with Crippen molar-refractivity contribution in [3.63, 3.8) is 0 Å². The molecule has 0 atom stereocenters. The van der Waals surface area contributed by atoms with E-state index in [-0.39, 0.29) is 5.84 Å². The third-order valence-electron chi connectivity index (χ3n) is 1.11. The molecule has 0 radical (unpaired) electrons. The molecule has 0 bridgehead atoms. The summed E-state index contributed by atoms with van der Waals surface area (Å²) in [5.41, 5.74) is 0.507. The van der Waals surface area contributed by atoms with Crippen molar-refractivity contribution < 1.29 is 4.92 Å². The van der Waals surface area contributed by atoms with Crippen LogP contribution in [0.5, 0.6) is 0 Å². The van der Waals surface area contributed by atoms with Crippen molar-refractivity contribution in [1.82, 2.24) is 0 Å². The molecule has 0 spiro atoms. The number of aliphatic imine (C=N–C) groups is 1. The topological polar surface area (TPSA) is 55.5 Å². The van der Waals surface area contributed by atoms with Crippen LogP contribution in [-0.2, 0) is 0 Å². The molecule has 0 aliphatic rings. The second-order valence-corrected chi connectivity index (χ2v) is 1.89. The smallest absolute Gasteiger partial charge is 0.358 e. The molecule has 0 aromatic heterocycles. The normalized spacial score (nSPS) is 12.9. The van der Waals surface area contributed by atoms with Gasteiger partial charge in [0.15, 0.2) is 0 Å². The molecule has 60 valence electrons. The minimum Gasteiger partial charge on any atom is -0.358 e. The van der Waals surface area contributed by atoms with E-state index in [2.05, 4.69) is 11.6 Å². The summed E-state index contributed by atoms with van der Waals surface area (Å²) in [7, 11) is 1.39. The first kappa shape index (κ1) is 9.55. The van der Waals surface area contributed by atoms with E-state index in [9.17, 15) is 10.1 Å². The van der Waals surface area contributed by atoms with Crippen LogP contribution in [0.4, 0.5) is 0 Å². The van der Waals surface area contributed by atoms with E-state index in [0.717, 1.165) is 0 Å². The third kappa shape index (κ3) is 2.75. The molecule has 0 amide bonds. The maximum absolute atomic E-state index is 10.2. The molecular formula is C7H10N2O2. The molecule has 0 aromatic carbocycles. The quantitative estimate of drug-likeness (QED) is 0.198. The lowest BCUT2D eigenvalue weighted by molar-refractivity contribution is -0.349. The van der Waals surface area contributed by atoms with Crippen molar-refractivity contribution in [3.05, 3.63) is 34.4 Å². The molecule has 0 aliphatic carbocycles. The Morgan fingerprint density at radius 3 is 2.55 bits per heavy atom. The lowest BCUT2D eigenvalue weighted by Gasteiger charge is -1.95. The van der Waals surface area contributed by atoms with Gasteiger partial charge in [-0.3, -0.25) is 0 Å². The Hall–Kier alpha value is -1.45. The second kappa shape index (κ2) is 4.38. The van der Waals surface area contributed by atoms with Gasteiger partial charge in [0, 0.05) is 5.57 Å². The summed E-state index contributed by atoms with van der Waals surface area (Å²) in [4.78, 5) is 13.2. The van der Waals surface area contributed by atoms with Gasteiger partial charge in [-0.25, -0.2) is 0 Å². The summed E-state index contributed by atoms with van der Waals surface area (Å²) in [5, 5.41) is 10.2. The number of allylic oxidation sites excluding steroid dienone is 2. The molecular weight excluding hydrogens is 144 g/mol. The molecule has 0 aliphatic heterocycles. The first-order valence-corrected chi connectivity index (χ1v) is 3.04. The van der Waals surface area contributed by atoms with Gasteiger partial charge in [0.05, 0.1) is 0 Å². The average Bonchev–Trinajstić information content (AvgIpc) is 1.88. The van der Waals surface area contributed by atoms with Crippen molar-refractivity contribution in [3.8, 4) is 0 Å². The highest BCUT2D eigenvalue weighted by Gasteiger charge is 2.10. The number of hydrogen-bond donors (Lipinski definition) is 0. The van der Waals surface area contributed by atoms with Crippen LogP contribution in [-0.4, -0.2) is 17.8 Å². The molecule has 4 heteroatoms. The highest BCUT2D eigenvalue weighted by atomic mass is 16.6. The number of hydrogen-bond acceptors (Lipinski definition) is 3. The molecule has 0 aromatic rings. The molecule has 0 saturated carbocycles. The van der Waals surface area contributed by atoms with Crippen LogP contribution >= 0.6 is 0 Å². The van der Waals surface area contributed by atoms with Gasteiger partial charge in [0.25, 0.3) is 0 Å². The van der Waals surface area contributed by atoms with Crippen LogP contribution in [0.3, 0.4) is 0 Å². The SMILES string of the molecule is C=C/C=C(/C)C(=NC)[N+](=O)[O-]. The summed E-state index contributed by atoms with van der Waals surface area (Å²) in [5.74, 6) is -0.120. The van der Waals surface area contributed by atoms with Gasteiger partial charge in [-0.1, -0.05) is 23.7 Å². The molecule has 0 unspecified atom stereocenters. The van der Waals surface area contributed by atoms with Crippen molar-refractivity contribution >= 4 is 5.84 Å². The number of rotatable bonds is 2. The van der Waals surface area contributed by atoms with Crippen LogP contribution in [0.15, 0.2) is 29.3 Å². The second-order valence-electron chi connectivity index (χ2n) is 1.89. The van der Waals surface area contributed by atoms with E-state index < -0.39 is 4.92 Å². The van der Waals surface area contributed by atoms with Gasteiger partial charge in [-0.15, -0.1) is 0 Å². The molecule has 11 heavy (non-hydrogen) atoms. The fourth-order valence-electron chi connectivity index (χ4n) is 0.653. The fourth-order valence-corrected chi connectivity index (χ4v) is 0.653. The summed E-state index contributed by atoms with van der Waals surface area (Å²) in [6.07, 6.45) is 3.04. The summed E-state index contributed by atoms with van der Waals surface area (Å²) >= 11 is 0. The van der Waals surface area contributed by atoms with Crippen molar-refractivity contribution in [2.45, 2.75) is 6.92 Å². The maximum atomic E-state index is 10.2. The largest absolute Gasteiger partial charge is 0.360 e. The van der Waals surface area contributed by atoms with Gasteiger partial charge in [0.2, 0.25) is 0 Å². The minimum atomic E-state index is -0.519. The zero-order valence-corrected chi connectivity index (χ0v) is 6.57. The fraction of sp³-hybridized carbons (Fsp3) is 0.286. The van der Waals surface area contributed by atoms with Crippen LogP contribution < -0.4 is 0 Å². The molecule has 0 rings (SSSR count). The Morgan fingerprint density at radius 1 is 1.73 bits per heavy atom. The van der Waals surface area contributed by atoms with Gasteiger partial charge in [0.1, 0.15) is 7.05 Å². The average molecular weight is 154 g/mol. The Labute approximate surface area is 65.1 Å². The highest BCUT2D eigenvalue weighted by Crippen LogP contribution is 1.97. The molecule has 0 saturated heterocycles. The van der Waals surface area contributed by atoms with Crippen LogP contribution in [0, 0.1) is 10.1 Å². The van der Waals surface area contributed by atoms with E-state index in [1.54, 1.807) is 13.0 Å². The number of nitro groups is 1. The standard InChI is InChI=1S/C7H10N2O2/c1-4-5-6(2)7(8-3)9(10)11/h4-5H,1H2,2-3H3/b6-5-,8-7?. The Kier molecular flexibility index (Phi) is 3.80. The first-order valence-electron chi connectivity index (χ1n) is 3.04. The van der Waals surface area contributed by atoms with Crippen LogP contribution in [0.2, 0.25) is 0 Å².